The maximum absolute atomic E-state index is 12.1. The minimum atomic E-state index is -0.819. The Hall–Kier alpha value is -2.61. The maximum atomic E-state index is 12.1. The predicted octanol–water partition coefficient (Wildman–Crippen LogP) is 3.77. The summed E-state index contributed by atoms with van der Waals surface area (Å²) in [4.78, 5) is 22.8. The van der Waals surface area contributed by atoms with Crippen LogP contribution in [0.2, 0.25) is 0 Å². The summed E-state index contributed by atoms with van der Waals surface area (Å²) in [5.74, 6) is -0.777. The quantitative estimate of drug-likeness (QED) is 0.629. The van der Waals surface area contributed by atoms with Gasteiger partial charge in [-0.15, -0.1) is 0 Å². The van der Waals surface area contributed by atoms with E-state index in [0.29, 0.717) is 29.9 Å². The summed E-state index contributed by atoms with van der Waals surface area (Å²) in [7, 11) is 0. The lowest BCUT2D eigenvalue weighted by Crippen LogP contribution is -2.08. The zero-order valence-corrected chi connectivity index (χ0v) is 14.5. The highest BCUT2D eigenvalue weighted by atomic mass is 16.5. The maximum Gasteiger partial charge on any atom is 0.340 e. The van der Waals surface area contributed by atoms with Crippen molar-refractivity contribution in [3.8, 4) is 6.07 Å². The molecule has 1 aliphatic carbocycles. The Bertz CT molecular complexity index is 825. The zero-order valence-electron chi connectivity index (χ0n) is 14.5. The number of hydrogen-bond acceptors (Lipinski definition) is 4. The highest BCUT2D eigenvalue weighted by Gasteiger charge is 2.36. The molecule has 1 N–H and O–H groups in total. The van der Waals surface area contributed by atoms with Gasteiger partial charge in [0.1, 0.15) is 12.7 Å². The number of carboxylic acids is 1. The molecule has 1 heterocycles. The van der Waals surface area contributed by atoms with Crippen molar-refractivity contribution in [2.45, 2.75) is 58.5 Å². The van der Waals surface area contributed by atoms with Crippen LogP contribution in [0.15, 0.2) is 11.6 Å². The second-order valence-electron chi connectivity index (χ2n) is 6.86. The first-order chi connectivity index (χ1) is 11.9. The highest BCUT2D eigenvalue weighted by Crippen LogP contribution is 2.47. The Labute approximate surface area is 146 Å². The molecule has 1 aromatic carbocycles. The lowest BCUT2D eigenvalue weighted by atomic mass is 9.84. The van der Waals surface area contributed by atoms with Gasteiger partial charge in [0.05, 0.1) is 11.1 Å². The number of carbonyl (C=O) groups excluding carboxylic acids is 1. The molecule has 1 saturated carbocycles. The van der Waals surface area contributed by atoms with Gasteiger partial charge in [0.25, 0.3) is 0 Å². The van der Waals surface area contributed by atoms with Crippen LogP contribution in [0.1, 0.15) is 76.7 Å². The van der Waals surface area contributed by atoms with Gasteiger partial charge in [0.2, 0.25) is 0 Å². The number of hydrogen-bond donors (Lipinski definition) is 1. The van der Waals surface area contributed by atoms with Crippen molar-refractivity contribution < 1.29 is 19.4 Å². The van der Waals surface area contributed by atoms with Crippen LogP contribution in [0.4, 0.5) is 0 Å². The van der Waals surface area contributed by atoms with E-state index in [2.05, 4.69) is 6.07 Å². The molecule has 1 aromatic rings. The monoisotopic (exact) mass is 339 g/mol. The largest absolute Gasteiger partial charge is 0.481 e. The van der Waals surface area contributed by atoms with Crippen LogP contribution in [-0.2, 0) is 22.6 Å². The van der Waals surface area contributed by atoms with Gasteiger partial charge in [-0.2, -0.15) is 5.26 Å². The van der Waals surface area contributed by atoms with E-state index >= 15 is 0 Å². The minimum Gasteiger partial charge on any atom is -0.481 e. The highest BCUT2D eigenvalue weighted by molar-refractivity contribution is 5.97. The van der Waals surface area contributed by atoms with E-state index in [-0.39, 0.29) is 13.0 Å². The summed E-state index contributed by atoms with van der Waals surface area (Å²) in [5.41, 5.74) is 5.88. The number of allylic oxidation sites excluding steroid dienone is 2. The van der Waals surface area contributed by atoms with E-state index in [0.717, 1.165) is 35.1 Å². The van der Waals surface area contributed by atoms with Crippen molar-refractivity contribution >= 4 is 11.9 Å². The van der Waals surface area contributed by atoms with Gasteiger partial charge >= 0.3 is 11.9 Å². The number of rotatable bonds is 6. The van der Waals surface area contributed by atoms with Crippen LogP contribution < -0.4 is 0 Å². The lowest BCUT2D eigenvalue weighted by Gasteiger charge is -2.17. The fourth-order valence-electron chi connectivity index (χ4n) is 3.57. The van der Waals surface area contributed by atoms with Gasteiger partial charge in [-0.3, -0.25) is 4.79 Å². The molecule has 0 saturated heterocycles. The van der Waals surface area contributed by atoms with Crippen molar-refractivity contribution in [1.82, 2.24) is 0 Å². The number of carboxylic acid groups (broad SMARTS) is 1. The molecule has 0 bridgehead atoms. The second-order valence-corrected chi connectivity index (χ2v) is 6.86. The molecule has 0 spiro atoms. The summed E-state index contributed by atoms with van der Waals surface area (Å²) in [5, 5.41) is 18.5. The summed E-state index contributed by atoms with van der Waals surface area (Å²) in [6.45, 7) is 4.17. The SMILES string of the molecule is C/C(=C\Cc1c(C#N)c2c(c(C)c1C1CC1)COC2=O)CCC(=O)O. The van der Waals surface area contributed by atoms with Crippen LogP contribution in [0.25, 0.3) is 0 Å². The van der Waals surface area contributed by atoms with Gasteiger partial charge in [-0.05, 0) is 62.1 Å². The molecule has 0 aromatic heterocycles. The standard InChI is InChI=1S/C20H21NO4/c1-11(4-8-17(22)23)3-7-14-15(9-21)19-16(10-25-20(19)24)12(2)18(14)13-5-6-13/h3,13H,4-8,10H2,1-2H3,(H,22,23)/b11-3+. The first kappa shape index (κ1) is 17.2. The smallest absolute Gasteiger partial charge is 0.340 e. The molecule has 130 valence electrons. The van der Waals surface area contributed by atoms with Crippen molar-refractivity contribution in [2.75, 3.05) is 0 Å². The molecule has 0 radical (unpaired) electrons. The number of nitriles is 1. The van der Waals surface area contributed by atoms with Crippen molar-refractivity contribution in [3.05, 3.63) is 45.0 Å². The molecular formula is C20H21NO4. The molecule has 1 fully saturated rings. The molecule has 5 heteroatoms. The third-order valence-electron chi connectivity index (χ3n) is 5.07. The van der Waals surface area contributed by atoms with Gasteiger partial charge in [0, 0.05) is 12.0 Å². The average Bonchev–Trinajstić information content (AvgIpc) is 3.33. The summed E-state index contributed by atoms with van der Waals surface area (Å²) in [6, 6.07) is 2.23. The molecule has 0 unspecified atom stereocenters. The molecule has 25 heavy (non-hydrogen) atoms. The lowest BCUT2D eigenvalue weighted by molar-refractivity contribution is -0.136. The summed E-state index contributed by atoms with van der Waals surface area (Å²) in [6.07, 6.45) is 5.32. The Morgan fingerprint density at radius 1 is 1.40 bits per heavy atom. The van der Waals surface area contributed by atoms with Crippen LogP contribution in [0, 0.1) is 18.3 Å². The van der Waals surface area contributed by atoms with E-state index in [1.165, 1.54) is 5.56 Å². The number of aliphatic carboxylic acids is 1. The first-order valence-electron chi connectivity index (χ1n) is 8.56. The average molecular weight is 339 g/mol. The van der Waals surface area contributed by atoms with Crippen LogP contribution in [-0.4, -0.2) is 17.0 Å². The molecule has 0 atom stereocenters. The number of carbonyl (C=O) groups is 2. The van der Waals surface area contributed by atoms with E-state index in [9.17, 15) is 14.9 Å². The van der Waals surface area contributed by atoms with E-state index in [1.54, 1.807) is 0 Å². The second kappa shape index (κ2) is 6.72. The summed E-state index contributed by atoms with van der Waals surface area (Å²) >= 11 is 0. The topological polar surface area (TPSA) is 87.4 Å². The molecule has 1 aliphatic heterocycles. The Morgan fingerprint density at radius 2 is 2.12 bits per heavy atom. The van der Waals surface area contributed by atoms with Crippen LogP contribution >= 0.6 is 0 Å². The Kier molecular flexibility index (Phi) is 4.63. The zero-order chi connectivity index (χ0) is 18.1. The first-order valence-corrected chi connectivity index (χ1v) is 8.56. The fourth-order valence-corrected chi connectivity index (χ4v) is 3.57. The number of fused-ring (bicyclic) bond motifs is 1. The van der Waals surface area contributed by atoms with E-state index in [1.807, 2.05) is 19.9 Å². The number of nitrogens with zero attached hydrogens (tertiary/aromatic N) is 1. The van der Waals surface area contributed by atoms with Gasteiger partial charge in [-0.1, -0.05) is 11.6 Å². The van der Waals surface area contributed by atoms with E-state index < -0.39 is 11.9 Å². The van der Waals surface area contributed by atoms with Gasteiger partial charge in [-0.25, -0.2) is 4.79 Å². The van der Waals surface area contributed by atoms with Crippen molar-refractivity contribution in [2.24, 2.45) is 0 Å². The van der Waals surface area contributed by atoms with Crippen LogP contribution in [0.3, 0.4) is 0 Å². The van der Waals surface area contributed by atoms with E-state index in [4.69, 9.17) is 9.84 Å². The van der Waals surface area contributed by atoms with Gasteiger partial charge in [0.15, 0.2) is 0 Å². The van der Waals surface area contributed by atoms with Gasteiger partial charge < -0.3 is 9.84 Å². The normalized spacial score (nSPS) is 16.4. The number of cyclic esters (lactones) is 1. The predicted molar refractivity (Wildman–Crippen MR) is 91.3 cm³/mol. The number of esters is 1. The molecule has 2 aliphatic rings. The molecule has 0 amide bonds. The van der Waals surface area contributed by atoms with Crippen molar-refractivity contribution in [3.63, 3.8) is 0 Å². The third-order valence-corrected chi connectivity index (χ3v) is 5.07. The molecule has 5 nitrogen and oxygen atoms in total. The number of ether oxygens (including phenoxy) is 1. The van der Waals surface area contributed by atoms with Crippen LogP contribution in [0.5, 0.6) is 0 Å². The Morgan fingerprint density at radius 3 is 2.72 bits per heavy atom. The number of benzene rings is 1. The van der Waals surface area contributed by atoms with Crippen molar-refractivity contribution in [1.29, 1.82) is 5.26 Å². The Balaban J connectivity index is 2.03. The third kappa shape index (κ3) is 3.30. The minimum absolute atomic E-state index is 0.0957. The fraction of sp³-hybridized carbons (Fsp3) is 0.450. The molecular weight excluding hydrogens is 318 g/mol. The summed E-state index contributed by atoms with van der Waals surface area (Å²) < 4.78 is 5.18. The molecule has 3 rings (SSSR count).